The Morgan fingerprint density at radius 1 is 1.56 bits per heavy atom. The molecule has 2 N–H and O–H groups in total. The van der Waals surface area contributed by atoms with Crippen LogP contribution in [0.3, 0.4) is 0 Å². The fraction of sp³-hybridized carbons (Fsp3) is 0.857. The zero-order valence-corrected chi connectivity index (χ0v) is 6.39. The highest BCUT2D eigenvalue weighted by molar-refractivity contribution is 4.46. The molecular formula is C7H17NO. The van der Waals surface area contributed by atoms with E-state index in [-0.39, 0.29) is 0 Å². The summed E-state index contributed by atoms with van der Waals surface area (Å²) in [6.45, 7) is 5.79. The van der Waals surface area contributed by atoms with E-state index in [1.54, 1.807) is 0 Å². The van der Waals surface area contributed by atoms with Crippen molar-refractivity contribution in [3.05, 3.63) is 7.05 Å². The minimum absolute atomic E-state index is 0.546. The van der Waals surface area contributed by atoms with Crippen molar-refractivity contribution in [2.45, 2.75) is 26.3 Å². The van der Waals surface area contributed by atoms with Crippen LogP contribution in [0.4, 0.5) is 0 Å². The minimum atomic E-state index is 0.546. The maximum Gasteiger partial charge on any atom is 0.0962 e. The zero-order chi connectivity index (χ0) is 7.11. The van der Waals surface area contributed by atoms with E-state index in [9.17, 15) is 0 Å². The van der Waals surface area contributed by atoms with Crippen LogP contribution in [0.2, 0.25) is 0 Å². The van der Waals surface area contributed by atoms with Crippen molar-refractivity contribution in [1.82, 2.24) is 0 Å². The Bertz CT molecular complexity index is 52.9. The summed E-state index contributed by atoms with van der Waals surface area (Å²) in [5, 5.41) is 1.95. The normalized spacial score (nSPS) is 13.7. The molecule has 0 aliphatic rings. The van der Waals surface area contributed by atoms with Crippen LogP contribution >= 0.6 is 0 Å². The van der Waals surface area contributed by atoms with E-state index < -0.39 is 0 Å². The molecule has 56 valence electrons. The average molecular weight is 131 g/mol. The molecule has 0 bridgehead atoms. The maximum absolute atomic E-state index is 5.21. The van der Waals surface area contributed by atoms with Gasteiger partial charge < -0.3 is 10.1 Å². The van der Waals surface area contributed by atoms with Crippen molar-refractivity contribution >= 4 is 0 Å². The predicted molar refractivity (Wildman–Crippen MR) is 37.9 cm³/mol. The van der Waals surface area contributed by atoms with Crippen LogP contribution < -0.4 is 5.32 Å². The number of nitrogens with two attached hydrogens (primary N) is 1. The fourth-order valence-electron chi connectivity index (χ4n) is 0.622. The second kappa shape index (κ2) is 6.05. The molecule has 1 unspecified atom stereocenters. The number of quaternary nitrogens is 1. The molecular weight excluding hydrogens is 114 g/mol. The molecule has 2 nitrogen and oxygen atoms in total. The van der Waals surface area contributed by atoms with Crippen LogP contribution in [0.25, 0.3) is 0 Å². The number of hydrogen-bond donors (Lipinski definition) is 1. The Labute approximate surface area is 57.6 Å². The molecule has 0 saturated heterocycles. The summed E-state index contributed by atoms with van der Waals surface area (Å²) in [4.78, 5) is 0. The van der Waals surface area contributed by atoms with Gasteiger partial charge in [0.05, 0.1) is 12.6 Å². The second-order valence-corrected chi connectivity index (χ2v) is 2.06. The fourth-order valence-corrected chi connectivity index (χ4v) is 0.622. The van der Waals surface area contributed by atoms with Gasteiger partial charge in [0.15, 0.2) is 0 Å². The Kier molecular flexibility index (Phi) is 5.99. The van der Waals surface area contributed by atoms with Gasteiger partial charge in [-0.25, -0.2) is 0 Å². The lowest BCUT2D eigenvalue weighted by Gasteiger charge is -2.13. The van der Waals surface area contributed by atoms with Crippen LogP contribution in [0, 0.1) is 7.05 Å². The summed E-state index contributed by atoms with van der Waals surface area (Å²) < 4.78 is 5.21. The summed E-state index contributed by atoms with van der Waals surface area (Å²) >= 11 is 0. The lowest BCUT2D eigenvalue weighted by molar-refractivity contribution is -0.636. The molecule has 0 saturated carbocycles. The molecule has 1 atom stereocenters. The van der Waals surface area contributed by atoms with Gasteiger partial charge in [0, 0.05) is 6.61 Å². The molecule has 0 rings (SSSR count). The molecule has 0 aliphatic heterocycles. The highest BCUT2D eigenvalue weighted by Crippen LogP contribution is 1.84. The first kappa shape index (κ1) is 8.92. The highest BCUT2D eigenvalue weighted by Gasteiger charge is 2.01. The third kappa shape index (κ3) is 4.43. The van der Waals surface area contributed by atoms with E-state index in [0.717, 1.165) is 19.6 Å². The topological polar surface area (TPSA) is 25.8 Å². The van der Waals surface area contributed by atoms with E-state index in [1.807, 2.05) is 12.2 Å². The number of hydrogen-bond acceptors (Lipinski definition) is 1. The van der Waals surface area contributed by atoms with Gasteiger partial charge in [-0.2, -0.15) is 7.05 Å². The van der Waals surface area contributed by atoms with E-state index in [0.29, 0.717) is 6.04 Å². The van der Waals surface area contributed by atoms with Crippen molar-refractivity contribution in [2.75, 3.05) is 13.2 Å². The van der Waals surface area contributed by atoms with Gasteiger partial charge >= 0.3 is 0 Å². The Balaban J connectivity index is 3.09. The first-order valence-corrected chi connectivity index (χ1v) is 3.55. The van der Waals surface area contributed by atoms with Gasteiger partial charge in [0.1, 0.15) is 0 Å². The van der Waals surface area contributed by atoms with Gasteiger partial charge in [-0.3, -0.25) is 0 Å². The second-order valence-electron chi connectivity index (χ2n) is 2.06. The van der Waals surface area contributed by atoms with Crippen LogP contribution in [0.15, 0.2) is 0 Å². The number of rotatable bonds is 5. The standard InChI is InChI=1S/C7H17NO/c1-4-7(8-3)6-9-5-2/h7H,3-6,8H2,1-2H3. The molecule has 0 aromatic heterocycles. The SMILES string of the molecule is [CH2-][NH2+]C(CC)COCC. The van der Waals surface area contributed by atoms with Gasteiger partial charge in [-0.1, -0.05) is 6.92 Å². The lowest BCUT2D eigenvalue weighted by atomic mass is 10.2. The molecule has 0 heterocycles. The summed E-state index contributed by atoms with van der Waals surface area (Å²) in [5.74, 6) is 0. The predicted octanol–water partition coefficient (Wildman–Crippen LogP) is 0.156. The average Bonchev–Trinajstić information content (AvgIpc) is 1.91. The molecule has 0 radical (unpaired) electrons. The molecule has 0 fully saturated rings. The largest absolute Gasteiger partial charge is 0.474 e. The molecule has 0 amide bonds. The van der Waals surface area contributed by atoms with Crippen molar-refractivity contribution in [3.8, 4) is 0 Å². The zero-order valence-electron chi connectivity index (χ0n) is 6.39. The van der Waals surface area contributed by atoms with Gasteiger partial charge in [-0.15, -0.1) is 0 Å². The van der Waals surface area contributed by atoms with Crippen LogP contribution in [-0.4, -0.2) is 19.3 Å². The third-order valence-corrected chi connectivity index (χ3v) is 1.39. The summed E-state index contributed by atoms with van der Waals surface area (Å²) in [6.07, 6.45) is 1.13. The summed E-state index contributed by atoms with van der Waals surface area (Å²) in [6, 6.07) is 0.546. The van der Waals surface area contributed by atoms with E-state index in [4.69, 9.17) is 4.74 Å². The molecule has 0 aliphatic carbocycles. The smallest absolute Gasteiger partial charge is 0.0962 e. The summed E-state index contributed by atoms with van der Waals surface area (Å²) in [5.41, 5.74) is 0. The van der Waals surface area contributed by atoms with E-state index in [1.165, 1.54) is 0 Å². The third-order valence-electron chi connectivity index (χ3n) is 1.39. The Hall–Kier alpha value is -0.0800. The van der Waals surface area contributed by atoms with Crippen LogP contribution in [0.5, 0.6) is 0 Å². The molecule has 0 spiro atoms. The van der Waals surface area contributed by atoms with E-state index in [2.05, 4.69) is 14.0 Å². The van der Waals surface area contributed by atoms with E-state index >= 15 is 0 Å². The van der Waals surface area contributed by atoms with Crippen molar-refractivity contribution < 1.29 is 10.1 Å². The highest BCUT2D eigenvalue weighted by atomic mass is 16.5. The Morgan fingerprint density at radius 3 is 2.56 bits per heavy atom. The van der Waals surface area contributed by atoms with Gasteiger partial charge in [0.2, 0.25) is 0 Å². The van der Waals surface area contributed by atoms with Gasteiger partial charge in [-0.05, 0) is 13.3 Å². The maximum atomic E-state index is 5.21. The van der Waals surface area contributed by atoms with Crippen LogP contribution in [0.1, 0.15) is 20.3 Å². The van der Waals surface area contributed by atoms with Crippen molar-refractivity contribution in [3.63, 3.8) is 0 Å². The minimum Gasteiger partial charge on any atom is -0.474 e. The number of ether oxygens (including phenoxy) is 1. The van der Waals surface area contributed by atoms with Crippen molar-refractivity contribution in [2.24, 2.45) is 0 Å². The quantitative estimate of drug-likeness (QED) is 0.528. The molecule has 2 heteroatoms. The molecule has 0 aromatic rings. The monoisotopic (exact) mass is 131 g/mol. The molecule has 0 aromatic carbocycles. The van der Waals surface area contributed by atoms with Gasteiger partial charge in [0.25, 0.3) is 0 Å². The van der Waals surface area contributed by atoms with Crippen LogP contribution in [-0.2, 0) is 4.74 Å². The lowest BCUT2D eigenvalue weighted by Crippen LogP contribution is -2.84. The van der Waals surface area contributed by atoms with Crippen molar-refractivity contribution in [1.29, 1.82) is 0 Å². The first-order valence-electron chi connectivity index (χ1n) is 3.55. The first-order chi connectivity index (χ1) is 4.35. The summed E-state index contributed by atoms with van der Waals surface area (Å²) in [7, 11) is 3.70. The Morgan fingerprint density at radius 2 is 2.22 bits per heavy atom. The molecule has 9 heavy (non-hydrogen) atoms.